The molecule has 1 heterocycles. The molecule has 0 fully saturated rings. The maximum absolute atomic E-state index is 9.49. The van der Waals surface area contributed by atoms with E-state index < -0.39 is 0 Å². The zero-order valence-corrected chi connectivity index (χ0v) is 15.5. The standard InChI is InChI=1S/C22H23N3O2/c1-16(2)18-9-6-10-20(13-18)27-21-14-19(11-12-23-21)22(25-26)24-15-17-7-4-3-5-8-17/h3-14,16,26H,15H2,1-2H3,(H,24,25). The fourth-order valence-corrected chi connectivity index (χ4v) is 2.62. The molecule has 0 aliphatic heterocycles. The van der Waals surface area contributed by atoms with Crippen molar-refractivity contribution in [3.8, 4) is 11.6 Å². The summed E-state index contributed by atoms with van der Waals surface area (Å²) < 4.78 is 5.89. The van der Waals surface area contributed by atoms with Gasteiger partial charge in [0.15, 0.2) is 5.84 Å². The second-order valence-electron chi connectivity index (χ2n) is 6.47. The monoisotopic (exact) mass is 361 g/mol. The summed E-state index contributed by atoms with van der Waals surface area (Å²) in [6.07, 6.45) is 1.63. The summed E-state index contributed by atoms with van der Waals surface area (Å²) in [5, 5.41) is 9.49. The van der Waals surface area contributed by atoms with E-state index in [1.165, 1.54) is 5.56 Å². The maximum atomic E-state index is 9.49. The first-order chi connectivity index (χ1) is 13.2. The van der Waals surface area contributed by atoms with Crippen LogP contribution >= 0.6 is 0 Å². The zero-order valence-electron chi connectivity index (χ0n) is 15.5. The molecule has 5 heteroatoms. The lowest BCUT2D eigenvalue weighted by atomic mass is 10.0. The minimum atomic E-state index is 0.363. The lowest BCUT2D eigenvalue weighted by molar-refractivity contribution is 0.234. The molecule has 3 rings (SSSR count). The second kappa shape index (κ2) is 8.96. The van der Waals surface area contributed by atoms with E-state index in [0.29, 0.717) is 29.7 Å². The smallest absolute Gasteiger partial charge is 0.219 e. The quantitative estimate of drug-likeness (QED) is 0.371. The third kappa shape index (κ3) is 5.15. The third-order valence-corrected chi connectivity index (χ3v) is 4.12. The van der Waals surface area contributed by atoms with E-state index >= 15 is 0 Å². The Bertz CT molecular complexity index is 908. The largest absolute Gasteiger partial charge is 0.439 e. The van der Waals surface area contributed by atoms with Gasteiger partial charge in [-0.2, -0.15) is 0 Å². The van der Waals surface area contributed by atoms with E-state index in [9.17, 15) is 5.21 Å². The number of ether oxygens (including phenoxy) is 1. The molecular formula is C22H23N3O2. The molecule has 27 heavy (non-hydrogen) atoms. The first-order valence-corrected chi connectivity index (χ1v) is 8.88. The summed E-state index contributed by atoms with van der Waals surface area (Å²) in [7, 11) is 0. The summed E-state index contributed by atoms with van der Waals surface area (Å²) in [5.74, 6) is 1.95. The van der Waals surface area contributed by atoms with Gasteiger partial charge in [-0.15, -0.1) is 0 Å². The number of amidine groups is 1. The van der Waals surface area contributed by atoms with Crippen molar-refractivity contribution < 1.29 is 9.94 Å². The van der Waals surface area contributed by atoms with Gasteiger partial charge in [-0.25, -0.2) is 4.98 Å². The average Bonchev–Trinajstić information content (AvgIpc) is 2.70. The van der Waals surface area contributed by atoms with Gasteiger partial charge < -0.3 is 4.74 Å². The van der Waals surface area contributed by atoms with Crippen LogP contribution in [-0.2, 0) is 6.54 Å². The Hall–Kier alpha value is -3.18. The molecule has 138 valence electrons. The Morgan fingerprint density at radius 2 is 1.89 bits per heavy atom. The minimum Gasteiger partial charge on any atom is -0.439 e. The van der Waals surface area contributed by atoms with E-state index in [-0.39, 0.29) is 0 Å². The van der Waals surface area contributed by atoms with Gasteiger partial charge in [0, 0.05) is 17.8 Å². The third-order valence-electron chi connectivity index (χ3n) is 4.12. The topological polar surface area (TPSA) is 66.7 Å². The molecule has 2 N–H and O–H groups in total. The first-order valence-electron chi connectivity index (χ1n) is 8.88. The van der Waals surface area contributed by atoms with Gasteiger partial charge in [0.25, 0.3) is 0 Å². The Balaban J connectivity index is 1.78. The molecule has 0 spiro atoms. The van der Waals surface area contributed by atoms with Crippen LogP contribution in [0.3, 0.4) is 0 Å². The van der Waals surface area contributed by atoms with Crippen LogP contribution in [0.1, 0.15) is 36.5 Å². The van der Waals surface area contributed by atoms with Gasteiger partial charge in [-0.3, -0.25) is 15.7 Å². The molecule has 1 aromatic heterocycles. The number of benzene rings is 2. The SMILES string of the molecule is CC(C)c1cccc(Oc2cc(C(=NCc3ccccc3)NO)ccn2)c1. The Morgan fingerprint density at radius 1 is 1.07 bits per heavy atom. The van der Waals surface area contributed by atoms with Crippen molar-refractivity contribution in [2.24, 2.45) is 4.99 Å². The van der Waals surface area contributed by atoms with Crippen molar-refractivity contribution in [2.75, 3.05) is 0 Å². The minimum absolute atomic E-state index is 0.363. The number of rotatable bonds is 6. The number of aromatic nitrogens is 1. The van der Waals surface area contributed by atoms with Crippen molar-refractivity contribution in [1.82, 2.24) is 10.5 Å². The van der Waals surface area contributed by atoms with Crippen molar-refractivity contribution >= 4 is 5.84 Å². The molecule has 0 saturated heterocycles. The van der Waals surface area contributed by atoms with Gasteiger partial charge in [0.05, 0.1) is 6.54 Å². The highest BCUT2D eigenvalue weighted by molar-refractivity contribution is 5.98. The van der Waals surface area contributed by atoms with Crippen molar-refractivity contribution in [2.45, 2.75) is 26.3 Å². The molecule has 0 aliphatic carbocycles. The summed E-state index contributed by atoms with van der Waals surface area (Å²) in [6.45, 7) is 4.74. The summed E-state index contributed by atoms with van der Waals surface area (Å²) in [4.78, 5) is 8.70. The van der Waals surface area contributed by atoms with Crippen LogP contribution in [0, 0.1) is 0 Å². The van der Waals surface area contributed by atoms with Crippen LogP contribution in [0.2, 0.25) is 0 Å². The molecule has 0 saturated carbocycles. The number of pyridine rings is 1. The zero-order chi connectivity index (χ0) is 19.1. The van der Waals surface area contributed by atoms with Crippen molar-refractivity contribution in [3.63, 3.8) is 0 Å². The Morgan fingerprint density at radius 3 is 2.63 bits per heavy atom. The summed E-state index contributed by atoms with van der Waals surface area (Å²) in [6, 6.07) is 21.3. The van der Waals surface area contributed by atoms with Gasteiger partial charge in [0.1, 0.15) is 5.75 Å². The molecule has 0 aliphatic rings. The predicted octanol–water partition coefficient (Wildman–Crippen LogP) is 4.92. The highest BCUT2D eigenvalue weighted by atomic mass is 16.5. The highest BCUT2D eigenvalue weighted by Gasteiger charge is 2.07. The molecule has 5 nitrogen and oxygen atoms in total. The number of aliphatic imine (C=N–C) groups is 1. The molecule has 0 amide bonds. The van der Waals surface area contributed by atoms with Gasteiger partial charge in [-0.1, -0.05) is 56.3 Å². The van der Waals surface area contributed by atoms with Crippen molar-refractivity contribution in [1.29, 1.82) is 0 Å². The molecule has 2 aromatic carbocycles. The molecule has 0 radical (unpaired) electrons. The number of hydrogen-bond acceptors (Lipinski definition) is 4. The van der Waals surface area contributed by atoms with Gasteiger partial charge >= 0.3 is 0 Å². The summed E-state index contributed by atoms with van der Waals surface area (Å²) >= 11 is 0. The summed E-state index contributed by atoms with van der Waals surface area (Å²) in [5.41, 5.74) is 5.12. The fraction of sp³-hybridized carbons (Fsp3) is 0.182. The van der Waals surface area contributed by atoms with E-state index in [2.05, 4.69) is 35.4 Å². The van der Waals surface area contributed by atoms with Crippen LogP contribution in [0.5, 0.6) is 11.6 Å². The van der Waals surface area contributed by atoms with Gasteiger partial charge in [0.2, 0.25) is 5.88 Å². The number of nitrogens with one attached hydrogen (secondary N) is 1. The van der Waals surface area contributed by atoms with Crippen LogP contribution in [-0.4, -0.2) is 16.0 Å². The van der Waals surface area contributed by atoms with Crippen LogP contribution in [0.4, 0.5) is 0 Å². The molecule has 0 bridgehead atoms. The van der Waals surface area contributed by atoms with Crippen LogP contribution in [0.15, 0.2) is 77.9 Å². The van der Waals surface area contributed by atoms with Crippen molar-refractivity contribution in [3.05, 3.63) is 89.6 Å². The molecule has 0 unspecified atom stereocenters. The Kier molecular flexibility index (Phi) is 6.18. The van der Waals surface area contributed by atoms with Crippen LogP contribution < -0.4 is 10.2 Å². The van der Waals surface area contributed by atoms with E-state index in [0.717, 1.165) is 11.3 Å². The normalized spacial score (nSPS) is 11.5. The van der Waals surface area contributed by atoms with E-state index in [4.69, 9.17) is 4.74 Å². The van der Waals surface area contributed by atoms with E-state index in [1.807, 2.05) is 48.5 Å². The highest BCUT2D eigenvalue weighted by Crippen LogP contribution is 2.24. The predicted molar refractivity (Wildman–Crippen MR) is 106 cm³/mol. The number of hydrogen-bond donors (Lipinski definition) is 2. The average molecular weight is 361 g/mol. The Labute approximate surface area is 159 Å². The maximum Gasteiger partial charge on any atom is 0.219 e. The molecule has 3 aromatic rings. The molecular weight excluding hydrogens is 338 g/mol. The molecule has 0 atom stereocenters. The van der Waals surface area contributed by atoms with E-state index in [1.54, 1.807) is 18.3 Å². The first kappa shape index (κ1) is 18.6. The number of hydroxylamine groups is 1. The lowest BCUT2D eigenvalue weighted by Crippen LogP contribution is -2.20. The lowest BCUT2D eigenvalue weighted by Gasteiger charge is -2.10. The second-order valence-corrected chi connectivity index (χ2v) is 6.47. The van der Waals surface area contributed by atoms with Crippen LogP contribution in [0.25, 0.3) is 0 Å². The number of nitrogens with zero attached hydrogens (tertiary/aromatic N) is 2. The van der Waals surface area contributed by atoms with Gasteiger partial charge in [-0.05, 0) is 35.2 Å². The fourth-order valence-electron chi connectivity index (χ4n) is 2.62.